The van der Waals surface area contributed by atoms with E-state index < -0.39 is 24.2 Å². The predicted octanol–water partition coefficient (Wildman–Crippen LogP) is 3.91. The molecule has 2 N–H and O–H groups in total. The fourth-order valence-electron chi connectivity index (χ4n) is 2.66. The number of hydrogen-bond donors (Lipinski definition) is 1. The second-order valence-electron chi connectivity index (χ2n) is 6.19. The molecule has 0 atom stereocenters. The lowest BCUT2D eigenvalue weighted by atomic mass is 10.1. The number of aromatic nitrogens is 4. The fourth-order valence-corrected chi connectivity index (χ4v) is 2.66. The molecule has 9 nitrogen and oxygen atoms in total. The molecule has 4 aromatic rings. The Bertz CT molecular complexity index is 1220. The lowest BCUT2D eigenvalue weighted by Gasteiger charge is -2.02. The van der Waals surface area contributed by atoms with E-state index >= 15 is 0 Å². The highest BCUT2D eigenvalue weighted by molar-refractivity contribution is 5.68. The quantitative estimate of drug-likeness (QED) is 0.486. The highest BCUT2D eigenvalue weighted by Gasteiger charge is 2.18. The summed E-state index contributed by atoms with van der Waals surface area (Å²) in [7, 11) is 0. The number of ether oxygens (including phenoxy) is 1. The predicted molar refractivity (Wildman–Crippen MR) is 97.4 cm³/mol. The second-order valence-corrected chi connectivity index (χ2v) is 6.19. The molecule has 2 aromatic heterocycles. The molecule has 0 radical (unpaired) electrons. The van der Waals surface area contributed by atoms with Crippen LogP contribution in [0.3, 0.4) is 0 Å². The minimum Gasteiger partial charge on any atom is -0.415 e. The van der Waals surface area contributed by atoms with Gasteiger partial charge in [-0.3, -0.25) is 0 Å². The van der Waals surface area contributed by atoms with Crippen LogP contribution in [0.2, 0.25) is 0 Å². The molecule has 0 fully saturated rings. The van der Waals surface area contributed by atoms with Crippen molar-refractivity contribution in [2.75, 3.05) is 0 Å². The Kier molecular flexibility index (Phi) is 5.35. The zero-order chi connectivity index (χ0) is 22.0. The largest absolute Gasteiger partial charge is 0.415 e. The zero-order valence-corrected chi connectivity index (χ0v) is 15.5. The molecule has 0 bridgehead atoms. The number of primary amides is 1. The van der Waals surface area contributed by atoms with Crippen molar-refractivity contribution in [3.63, 3.8) is 0 Å². The maximum absolute atomic E-state index is 14.5. The van der Waals surface area contributed by atoms with Crippen molar-refractivity contribution in [3.05, 3.63) is 65.6 Å². The monoisotopic (exact) mass is 431 g/mol. The summed E-state index contributed by atoms with van der Waals surface area (Å²) in [6, 6.07) is 10.2. The van der Waals surface area contributed by atoms with E-state index in [-0.39, 0.29) is 40.9 Å². The minimum atomic E-state index is -2.91. The van der Waals surface area contributed by atoms with Crippen LogP contribution in [-0.2, 0) is 6.42 Å². The molecule has 12 heteroatoms. The van der Waals surface area contributed by atoms with Crippen molar-refractivity contribution < 1.29 is 31.6 Å². The first-order valence-corrected chi connectivity index (χ1v) is 8.69. The molecule has 158 valence electrons. The van der Waals surface area contributed by atoms with Gasteiger partial charge in [-0.15, -0.1) is 10.2 Å². The van der Waals surface area contributed by atoms with Crippen LogP contribution in [0.1, 0.15) is 23.8 Å². The van der Waals surface area contributed by atoms with Crippen LogP contribution in [0.4, 0.5) is 18.0 Å². The van der Waals surface area contributed by atoms with Gasteiger partial charge in [0.1, 0.15) is 11.6 Å². The zero-order valence-electron chi connectivity index (χ0n) is 15.5. The van der Waals surface area contributed by atoms with Crippen molar-refractivity contribution >= 4 is 6.09 Å². The van der Waals surface area contributed by atoms with Crippen LogP contribution < -0.4 is 10.5 Å². The number of amides is 1. The number of alkyl halides is 2. The number of nitrogens with two attached hydrogens (primary N) is 1. The normalized spacial score (nSPS) is 11.1. The van der Waals surface area contributed by atoms with E-state index in [9.17, 15) is 18.0 Å². The number of halogens is 3. The third kappa shape index (κ3) is 4.52. The number of rotatable bonds is 6. The highest BCUT2D eigenvalue weighted by Crippen LogP contribution is 2.26. The Labute approximate surface area is 171 Å². The Balaban J connectivity index is 1.48. The van der Waals surface area contributed by atoms with E-state index in [1.165, 1.54) is 24.3 Å². The third-order valence-corrected chi connectivity index (χ3v) is 4.07. The van der Waals surface area contributed by atoms with Crippen molar-refractivity contribution in [1.82, 2.24) is 20.3 Å². The van der Waals surface area contributed by atoms with Crippen LogP contribution in [0.5, 0.6) is 5.75 Å². The first kappa shape index (κ1) is 20.1. The maximum atomic E-state index is 14.5. The van der Waals surface area contributed by atoms with Gasteiger partial charge in [-0.2, -0.15) is 13.8 Å². The van der Waals surface area contributed by atoms with Crippen molar-refractivity contribution in [3.8, 4) is 28.6 Å². The molecule has 31 heavy (non-hydrogen) atoms. The number of benzene rings is 2. The number of nitrogens with zero attached hydrogens (tertiary/aromatic N) is 4. The van der Waals surface area contributed by atoms with Gasteiger partial charge in [0.2, 0.25) is 17.6 Å². The van der Waals surface area contributed by atoms with Crippen LogP contribution >= 0.6 is 0 Å². The molecule has 0 saturated carbocycles. The van der Waals surface area contributed by atoms with E-state index in [0.717, 1.165) is 6.07 Å². The standard InChI is InChI=1S/C19H12F3N5O4/c20-13-7-11(17-25-26-18(30-17)15(21)22)2-1-10(13)8-14-24-16(27-31-14)9-3-5-12(6-4-9)29-19(23)28/h1-7,15H,8H2,(H2,23,28). The van der Waals surface area contributed by atoms with Gasteiger partial charge in [-0.1, -0.05) is 11.2 Å². The van der Waals surface area contributed by atoms with E-state index in [2.05, 4.69) is 20.3 Å². The number of carbonyl (C=O) groups is 1. The first-order chi connectivity index (χ1) is 14.9. The topological polar surface area (TPSA) is 130 Å². The van der Waals surface area contributed by atoms with E-state index in [4.69, 9.17) is 19.4 Å². The molecule has 1 amide bonds. The van der Waals surface area contributed by atoms with Gasteiger partial charge in [0.15, 0.2) is 0 Å². The van der Waals surface area contributed by atoms with Crippen molar-refractivity contribution in [1.29, 1.82) is 0 Å². The summed E-state index contributed by atoms with van der Waals surface area (Å²) in [5, 5.41) is 10.5. The average molecular weight is 431 g/mol. The SMILES string of the molecule is NC(=O)Oc1ccc(-c2noc(Cc3ccc(-c4nnc(C(F)F)o4)cc3F)n2)cc1. The third-order valence-electron chi connectivity index (χ3n) is 4.07. The second kappa shape index (κ2) is 8.26. The van der Waals surface area contributed by atoms with E-state index in [1.807, 2.05) is 0 Å². The Morgan fingerprint density at radius 1 is 1.10 bits per heavy atom. The lowest BCUT2D eigenvalue weighted by Crippen LogP contribution is -2.16. The highest BCUT2D eigenvalue weighted by atomic mass is 19.3. The molecule has 0 aliphatic heterocycles. The Morgan fingerprint density at radius 2 is 1.84 bits per heavy atom. The molecule has 2 heterocycles. The van der Waals surface area contributed by atoms with Gasteiger partial charge < -0.3 is 19.4 Å². The molecule has 0 unspecified atom stereocenters. The minimum absolute atomic E-state index is 0.00585. The van der Waals surface area contributed by atoms with Gasteiger partial charge in [-0.05, 0) is 42.0 Å². The molecular weight excluding hydrogens is 419 g/mol. The van der Waals surface area contributed by atoms with Gasteiger partial charge in [0.05, 0.1) is 6.42 Å². The summed E-state index contributed by atoms with van der Waals surface area (Å²) in [4.78, 5) is 15.0. The van der Waals surface area contributed by atoms with Crippen LogP contribution in [0.25, 0.3) is 22.8 Å². The molecule has 2 aromatic carbocycles. The van der Waals surface area contributed by atoms with Gasteiger partial charge in [0.25, 0.3) is 5.89 Å². The number of hydrogen-bond acceptors (Lipinski definition) is 8. The molecule has 0 aliphatic carbocycles. The summed E-state index contributed by atoms with van der Waals surface area (Å²) in [6.45, 7) is 0. The van der Waals surface area contributed by atoms with Crippen molar-refractivity contribution in [2.24, 2.45) is 5.73 Å². The van der Waals surface area contributed by atoms with Crippen molar-refractivity contribution in [2.45, 2.75) is 12.8 Å². The summed E-state index contributed by atoms with van der Waals surface area (Å²) in [6.07, 6.45) is -3.85. The van der Waals surface area contributed by atoms with Crippen LogP contribution in [0, 0.1) is 5.82 Å². The smallest absolute Gasteiger partial charge is 0.409 e. The summed E-state index contributed by atoms with van der Waals surface area (Å²) in [5.74, 6) is -1.04. The Hall–Kier alpha value is -4.22. The average Bonchev–Trinajstić information content (AvgIpc) is 3.40. The van der Waals surface area contributed by atoms with Gasteiger partial charge in [-0.25, -0.2) is 9.18 Å². The summed E-state index contributed by atoms with van der Waals surface area (Å²) in [5.41, 5.74) is 5.91. The van der Waals surface area contributed by atoms with E-state index in [0.29, 0.717) is 5.56 Å². The van der Waals surface area contributed by atoms with E-state index in [1.54, 1.807) is 12.1 Å². The first-order valence-electron chi connectivity index (χ1n) is 8.69. The maximum Gasteiger partial charge on any atom is 0.409 e. The fraction of sp³-hybridized carbons (Fsp3) is 0.105. The van der Waals surface area contributed by atoms with Crippen LogP contribution in [0.15, 0.2) is 51.4 Å². The summed E-state index contributed by atoms with van der Waals surface area (Å²) < 4.78 is 54.3. The van der Waals surface area contributed by atoms with Gasteiger partial charge in [0, 0.05) is 11.1 Å². The molecule has 4 rings (SSSR count). The lowest BCUT2D eigenvalue weighted by molar-refractivity contribution is 0.116. The van der Waals surface area contributed by atoms with Crippen LogP contribution in [-0.4, -0.2) is 26.4 Å². The van der Waals surface area contributed by atoms with Gasteiger partial charge >= 0.3 is 12.5 Å². The molecular formula is C19H12F3N5O4. The molecule has 0 aliphatic rings. The Morgan fingerprint density at radius 3 is 2.48 bits per heavy atom. The summed E-state index contributed by atoms with van der Waals surface area (Å²) >= 11 is 0. The molecule has 0 spiro atoms. The number of carbonyl (C=O) groups excluding carboxylic acids is 1. The molecule has 0 saturated heterocycles.